The number of thiophene rings is 1. The molecule has 1 amide bonds. The number of hydrogen-bond acceptors (Lipinski definition) is 3. The molecule has 0 spiro atoms. The first-order chi connectivity index (χ1) is 10.2. The van der Waals surface area contributed by atoms with Crippen LogP contribution in [0.2, 0.25) is 0 Å². The molecule has 0 unspecified atom stereocenters. The van der Waals surface area contributed by atoms with Gasteiger partial charge in [-0.1, -0.05) is 28.1 Å². The van der Waals surface area contributed by atoms with Crippen LogP contribution in [0.15, 0.2) is 40.9 Å². The van der Waals surface area contributed by atoms with Crippen molar-refractivity contribution in [2.45, 2.75) is 6.42 Å². The van der Waals surface area contributed by atoms with Crippen molar-refractivity contribution < 1.29 is 4.79 Å². The van der Waals surface area contributed by atoms with Crippen LogP contribution in [-0.2, 0) is 0 Å². The van der Waals surface area contributed by atoms with E-state index in [1.807, 2.05) is 29.2 Å². The fraction of sp³-hybridized carbons (Fsp3) is 0.312. The molecule has 6 heteroatoms. The van der Waals surface area contributed by atoms with Gasteiger partial charge in [0.2, 0.25) is 0 Å². The van der Waals surface area contributed by atoms with E-state index < -0.39 is 0 Å². The number of hydrogen-bond donors (Lipinski definition) is 1. The lowest BCUT2D eigenvalue weighted by Crippen LogP contribution is -2.33. The number of carbonyl (C=O) groups excluding carboxylic acids is 1. The van der Waals surface area contributed by atoms with Crippen molar-refractivity contribution in [3.63, 3.8) is 0 Å². The Morgan fingerprint density at radius 2 is 1.86 bits per heavy atom. The Balaban J connectivity index is 0.00000176. The Morgan fingerprint density at radius 1 is 1.09 bits per heavy atom. The van der Waals surface area contributed by atoms with E-state index in [9.17, 15) is 4.79 Å². The minimum absolute atomic E-state index is 0. The molecule has 2 heterocycles. The first-order valence-corrected chi connectivity index (χ1v) is 8.71. The van der Waals surface area contributed by atoms with Crippen molar-refractivity contribution in [1.82, 2.24) is 10.2 Å². The summed E-state index contributed by atoms with van der Waals surface area (Å²) in [6.45, 7) is 3.52. The molecule has 3 rings (SSSR count). The van der Waals surface area contributed by atoms with Gasteiger partial charge in [-0.3, -0.25) is 4.79 Å². The normalized spacial score (nSPS) is 15.0. The molecule has 0 saturated carbocycles. The number of amides is 1. The topological polar surface area (TPSA) is 32.3 Å². The lowest BCUT2D eigenvalue weighted by Gasteiger charge is -2.18. The van der Waals surface area contributed by atoms with Crippen LogP contribution < -0.4 is 5.32 Å². The van der Waals surface area contributed by atoms with Crippen LogP contribution in [0.3, 0.4) is 0 Å². The van der Waals surface area contributed by atoms with E-state index in [1.54, 1.807) is 11.3 Å². The Morgan fingerprint density at radius 3 is 2.64 bits per heavy atom. The standard InChI is InChI=1S/C16H17BrN2OS.ClH/c17-13-4-2-12(3-5-13)14-6-7-15(21-14)16(20)19-10-1-8-18-9-11-19;/h2-7,18H,1,8-11H2;1H. The lowest BCUT2D eigenvalue weighted by molar-refractivity contribution is 0.0771. The molecule has 1 aliphatic heterocycles. The zero-order chi connectivity index (χ0) is 14.7. The molecule has 0 atom stereocenters. The average Bonchev–Trinajstić information content (AvgIpc) is 2.83. The quantitative estimate of drug-likeness (QED) is 0.824. The van der Waals surface area contributed by atoms with Crippen molar-refractivity contribution in [1.29, 1.82) is 0 Å². The van der Waals surface area contributed by atoms with Gasteiger partial charge in [-0.2, -0.15) is 0 Å². The molecule has 0 aliphatic carbocycles. The number of halogens is 2. The summed E-state index contributed by atoms with van der Waals surface area (Å²) in [5, 5.41) is 3.32. The first-order valence-electron chi connectivity index (χ1n) is 7.10. The Hall–Kier alpha value is -0.880. The zero-order valence-corrected chi connectivity index (χ0v) is 15.3. The third-order valence-corrected chi connectivity index (χ3v) is 5.22. The Kier molecular flexibility index (Phi) is 6.44. The fourth-order valence-corrected chi connectivity index (χ4v) is 3.67. The predicted molar refractivity (Wildman–Crippen MR) is 98.1 cm³/mol. The van der Waals surface area contributed by atoms with Crippen LogP contribution in [0.1, 0.15) is 16.1 Å². The highest BCUT2D eigenvalue weighted by Crippen LogP contribution is 2.29. The average molecular weight is 402 g/mol. The van der Waals surface area contributed by atoms with E-state index in [4.69, 9.17) is 0 Å². The number of benzene rings is 1. The van der Waals surface area contributed by atoms with Crippen molar-refractivity contribution in [2.75, 3.05) is 26.2 Å². The van der Waals surface area contributed by atoms with Gasteiger partial charge in [0.05, 0.1) is 4.88 Å². The lowest BCUT2D eigenvalue weighted by atomic mass is 10.2. The molecule has 1 aromatic carbocycles. The molecule has 0 bridgehead atoms. The van der Waals surface area contributed by atoms with E-state index in [1.165, 1.54) is 0 Å². The van der Waals surface area contributed by atoms with Crippen LogP contribution in [-0.4, -0.2) is 37.0 Å². The number of carbonyl (C=O) groups is 1. The Labute approximate surface area is 149 Å². The van der Waals surface area contributed by atoms with E-state index in [-0.39, 0.29) is 18.3 Å². The fourth-order valence-electron chi connectivity index (χ4n) is 2.43. The second kappa shape index (κ2) is 8.11. The van der Waals surface area contributed by atoms with E-state index in [2.05, 4.69) is 33.4 Å². The highest BCUT2D eigenvalue weighted by atomic mass is 79.9. The number of nitrogens with one attached hydrogen (secondary N) is 1. The second-order valence-electron chi connectivity index (χ2n) is 5.07. The van der Waals surface area contributed by atoms with Crippen LogP contribution in [0, 0.1) is 0 Å². The monoisotopic (exact) mass is 400 g/mol. The maximum Gasteiger partial charge on any atom is 0.263 e. The summed E-state index contributed by atoms with van der Waals surface area (Å²) in [6.07, 6.45) is 1.02. The first kappa shape index (κ1) is 17.5. The predicted octanol–water partition coefficient (Wildman–Crippen LogP) is 4.03. The van der Waals surface area contributed by atoms with Crippen LogP contribution in [0.4, 0.5) is 0 Å². The van der Waals surface area contributed by atoms with E-state index in [0.717, 1.165) is 52.4 Å². The third-order valence-electron chi connectivity index (χ3n) is 3.57. The molecule has 3 nitrogen and oxygen atoms in total. The smallest absolute Gasteiger partial charge is 0.263 e. The Bertz CT molecular complexity index is 621. The minimum Gasteiger partial charge on any atom is -0.337 e. The van der Waals surface area contributed by atoms with Gasteiger partial charge in [0.15, 0.2) is 0 Å². The van der Waals surface area contributed by atoms with Crippen molar-refractivity contribution in [2.24, 2.45) is 0 Å². The summed E-state index contributed by atoms with van der Waals surface area (Å²) in [5.41, 5.74) is 1.15. The van der Waals surface area contributed by atoms with Crippen LogP contribution in [0.5, 0.6) is 0 Å². The van der Waals surface area contributed by atoms with Gasteiger partial charge in [-0.05, 0) is 42.8 Å². The van der Waals surface area contributed by atoms with Gasteiger partial charge in [-0.25, -0.2) is 0 Å². The molecule has 0 radical (unpaired) electrons. The molecule has 1 N–H and O–H groups in total. The maximum atomic E-state index is 12.6. The largest absolute Gasteiger partial charge is 0.337 e. The zero-order valence-electron chi connectivity index (χ0n) is 12.0. The SMILES string of the molecule is Cl.O=C(c1ccc(-c2ccc(Br)cc2)s1)N1CCCNCC1. The van der Waals surface area contributed by atoms with Crippen molar-refractivity contribution >= 4 is 45.6 Å². The van der Waals surface area contributed by atoms with Crippen LogP contribution in [0.25, 0.3) is 10.4 Å². The highest BCUT2D eigenvalue weighted by molar-refractivity contribution is 9.10. The molecule has 1 saturated heterocycles. The van der Waals surface area contributed by atoms with E-state index >= 15 is 0 Å². The van der Waals surface area contributed by atoms with Gasteiger partial charge in [0, 0.05) is 29.0 Å². The van der Waals surface area contributed by atoms with Gasteiger partial charge < -0.3 is 10.2 Å². The van der Waals surface area contributed by atoms with Gasteiger partial charge in [0.25, 0.3) is 5.91 Å². The summed E-state index contributed by atoms with van der Waals surface area (Å²) in [6, 6.07) is 12.2. The third kappa shape index (κ3) is 4.10. The van der Waals surface area contributed by atoms with E-state index in [0.29, 0.717) is 0 Å². The van der Waals surface area contributed by atoms with Gasteiger partial charge in [0.1, 0.15) is 0 Å². The van der Waals surface area contributed by atoms with Crippen molar-refractivity contribution in [3.8, 4) is 10.4 Å². The van der Waals surface area contributed by atoms with Crippen LogP contribution >= 0.6 is 39.7 Å². The molecule has 1 aromatic heterocycles. The summed E-state index contributed by atoms with van der Waals surface area (Å²) < 4.78 is 1.07. The molecular formula is C16H18BrClN2OS. The molecule has 1 aliphatic rings. The molecule has 2 aromatic rings. The highest BCUT2D eigenvalue weighted by Gasteiger charge is 2.18. The van der Waals surface area contributed by atoms with Gasteiger partial charge >= 0.3 is 0 Å². The van der Waals surface area contributed by atoms with Crippen molar-refractivity contribution in [3.05, 3.63) is 45.7 Å². The molecule has 1 fully saturated rings. The number of rotatable bonds is 2. The minimum atomic E-state index is 0. The summed E-state index contributed by atoms with van der Waals surface area (Å²) in [7, 11) is 0. The summed E-state index contributed by atoms with van der Waals surface area (Å²) >= 11 is 5.02. The molecule has 22 heavy (non-hydrogen) atoms. The number of nitrogens with zero attached hydrogens (tertiary/aromatic N) is 1. The van der Waals surface area contributed by atoms with Gasteiger partial charge in [-0.15, -0.1) is 23.7 Å². The second-order valence-corrected chi connectivity index (χ2v) is 7.07. The summed E-state index contributed by atoms with van der Waals surface area (Å²) in [4.78, 5) is 16.5. The summed E-state index contributed by atoms with van der Waals surface area (Å²) in [5.74, 6) is 0.159. The molecular weight excluding hydrogens is 384 g/mol. The molecule has 118 valence electrons. The maximum absolute atomic E-state index is 12.6.